The zero-order chi connectivity index (χ0) is 20.9. The number of nitrogens with two attached hydrogens (primary N) is 1. The molecule has 1 aliphatic carbocycles. The minimum Gasteiger partial charge on any atom is -0.369 e. The number of para-hydroxylation sites is 1. The zero-order valence-corrected chi connectivity index (χ0v) is 18.0. The Bertz CT molecular complexity index is 879. The van der Waals surface area contributed by atoms with Crippen LogP contribution in [0.5, 0.6) is 0 Å². The molecule has 1 saturated carbocycles. The van der Waals surface area contributed by atoms with Gasteiger partial charge < -0.3 is 10.6 Å². The summed E-state index contributed by atoms with van der Waals surface area (Å²) in [7, 11) is 0. The first-order chi connectivity index (χ1) is 14.6. The van der Waals surface area contributed by atoms with Crippen molar-refractivity contribution in [2.45, 2.75) is 56.0 Å². The molecule has 0 unspecified atom stereocenters. The minimum absolute atomic E-state index is 0.0150. The lowest BCUT2D eigenvalue weighted by Crippen LogP contribution is -2.44. The van der Waals surface area contributed by atoms with Crippen LogP contribution in [0.4, 0.5) is 0 Å². The Hall–Kier alpha value is -2.35. The molecule has 160 valence electrons. The van der Waals surface area contributed by atoms with Crippen LogP contribution in [0.15, 0.2) is 35.5 Å². The van der Waals surface area contributed by atoms with E-state index in [4.69, 9.17) is 15.8 Å². The highest BCUT2D eigenvalue weighted by molar-refractivity contribution is 7.99. The molecule has 4 rings (SSSR count). The van der Waals surface area contributed by atoms with Crippen LogP contribution >= 0.6 is 11.8 Å². The van der Waals surface area contributed by atoms with Gasteiger partial charge in [-0.05, 0) is 37.8 Å². The van der Waals surface area contributed by atoms with Gasteiger partial charge >= 0.3 is 0 Å². The predicted octanol–water partition coefficient (Wildman–Crippen LogP) is 3.13. The molecule has 1 atom stereocenters. The summed E-state index contributed by atoms with van der Waals surface area (Å²) in [5.74, 6) is 1.15. The van der Waals surface area contributed by atoms with E-state index in [9.17, 15) is 9.59 Å². The van der Waals surface area contributed by atoms with Crippen molar-refractivity contribution in [2.24, 2.45) is 11.7 Å². The molecule has 7 nitrogen and oxygen atoms in total. The Morgan fingerprint density at radius 3 is 2.57 bits per heavy atom. The number of aromatic nitrogens is 3. The number of likely N-dealkylation sites (tertiary alicyclic amines) is 1. The van der Waals surface area contributed by atoms with E-state index in [-0.39, 0.29) is 23.5 Å². The lowest BCUT2D eigenvalue weighted by atomic mass is 9.88. The van der Waals surface area contributed by atoms with Crippen molar-refractivity contribution in [2.75, 3.05) is 18.8 Å². The number of hydrogen-bond acceptors (Lipinski definition) is 5. The van der Waals surface area contributed by atoms with Gasteiger partial charge in [-0.1, -0.05) is 49.2 Å². The van der Waals surface area contributed by atoms with Crippen molar-refractivity contribution in [3.63, 3.8) is 0 Å². The summed E-state index contributed by atoms with van der Waals surface area (Å²) < 4.78 is 1.95. The maximum absolute atomic E-state index is 12.7. The Labute approximate surface area is 181 Å². The van der Waals surface area contributed by atoms with Crippen LogP contribution in [0.1, 0.15) is 56.7 Å². The fraction of sp³-hybridized carbons (Fsp3) is 0.545. The summed E-state index contributed by atoms with van der Waals surface area (Å²) in [5.41, 5.74) is 6.44. The van der Waals surface area contributed by atoms with Crippen LogP contribution in [0.25, 0.3) is 5.69 Å². The fourth-order valence-electron chi connectivity index (χ4n) is 4.40. The van der Waals surface area contributed by atoms with E-state index in [1.165, 1.54) is 31.0 Å². The van der Waals surface area contributed by atoms with E-state index in [0.29, 0.717) is 24.2 Å². The molecule has 1 aromatic carbocycles. The molecule has 1 aromatic heterocycles. The standard InChI is InChI=1S/C22H29N5O2S/c23-20(29)17-10-7-13-26(14-17)19(28)15-30-22-24-21(16-8-3-1-4-9-16)27(25-22)18-11-5-2-6-12-18/h2,5-6,11-12,16-17H,1,3-4,7-10,13-15H2,(H2,23,29)/t17-/m0/s1. The number of hydrogen-bond donors (Lipinski definition) is 1. The number of piperidine rings is 1. The van der Waals surface area contributed by atoms with Crippen molar-refractivity contribution in [3.05, 3.63) is 36.2 Å². The third-order valence-electron chi connectivity index (χ3n) is 6.09. The molecule has 2 aliphatic rings. The normalized spacial score (nSPS) is 20.3. The topological polar surface area (TPSA) is 94.1 Å². The van der Waals surface area contributed by atoms with Crippen LogP contribution < -0.4 is 5.73 Å². The largest absolute Gasteiger partial charge is 0.369 e. The SMILES string of the molecule is NC(=O)[C@H]1CCCN(C(=O)CSc2nc(C3CCCCC3)n(-c3ccccc3)n2)C1. The highest BCUT2D eigenvalue weighted by atomic mass is 32.2. The van der Waals surface area contributed by atoms with Crippen LogP contribution in [-0.2, 0) is 9.59 Å². The smallest absolute Gasteiger partial charge is 0.233 e. The molecule has 2 fully saturated rings. The van der Waals surface area contributed by atoms with Gasteiger partial charge in [0.25, 0.3) is 0 Å². The summed E-state index contributed by atoms with van der Waals surface area (Å²) in [6.45, 7) is 1.11. The highest BCUT2D eigenvalue weighted by Crippen LogP contribution is 2.33. The minimum atomic E-state index is -0.319. The van der Waals surface area contributed by atoms with E-state index in [0.717, 1.165) is 37.2 Å². The van der Waals surface area contributed by atoms with Gasteiger partial charge in [-0.3, -0.25) is 9.59 Å². The molecule has 30 heavy (non-hydrogen) atoms. The van der Waals surface area contributed by atoms with Gasteiger partial charge in [-0.25, -0.2) is 9.67 Å². The summed E-state index contributed by atoms with van der Waals surface area (Å²) in [4.78, 5) is 30.8. The lowest BCUT2D eigenvalue weighted by Gasteiger charge is -2.31. The fourth-order valence-corrected chi connectivity index (χ4v) is 5.14. The Kier molecular flexibility index (Phi) is 6.72. The molecule has 2 N–H and O–H groups in total. The molecule has 2 heterocycles. The zero-order valence-electron chi connectivity index (χ0n) is 17.2. The van der Waals surface area contributed by atoms with Gasteiger partial charge in [0.15, 0.2) is 0 Å². The van der Waals surface area contributed by atoms with Crippen molar-refractivity contribution < 1.29 is 9.59 Å². The molecule has 1 saturated heterocycles. The quantitative estimate of drug-likeness (QED) is 0.715. The summed E-state index contributed by atoms with van der Waals surface area (Å²) >= 11 is 1.38. The molecule has 2 amide bonds. The first-order valence-corrected chi connectivity index (χ1v) is 11.8. The number of rotatable bonds is 6. The van der Waals surface area contributed by atoms with E-state index < -0.39 is 0 Å². The Morgan fingerprint density at radius 2 is 1.83 bits per heavy atom. The second kappa shape index (κ2) is 9.64. The molecule has 0 bridgehead atoms. The van der Waals surface area contributed by atoms with Gasteiger partial charge in [0, 0.05) is 19.0 Å². The molecule has 2 aromatic rings. The summed E-state index contributed by atoms with van der Waals surface area (Å²) in [6.07, 6.45) is 7.59. The van der Waals surface area contributed by atoms with E-state index in [1.54, 1.807) is 4.90 Å². The van der Waals surface area contributed by atoms with Gasteiger partial charge in [-0.2, -0.15) is 0 Å². The van der Waals surface area contributed by atoms with Crippen molar-refractivity contribution in [3.8, 4) is 5.69 Å². The number of primary amides is 1. The van der Waals surface area contributed by atoms with Crippen LogP contribution in [0.3, 0.4) is 0 Å². The highest BCUT2D eigenvalue weighted by Gasteiger charge is 2.28. The second-order valence-electron chi connectivity index (χ2n) is 8.20. The maximum atomic E-state index is 12.7. The van der Waals surface area contributed by atoms with Crippen molar-refractivity contribution >= 4 is 23.6 Å². The Morgan fingerprint density at radius 1 is 1.07 bits per heavy atom. The third-order valence-corrected chi connectivity index (χ3v) is 6.91. The van der Waals surface area contributed by atoms with E-state index in [1.807, 2.05) is 35.0 Å². The van der Waals surface area contributed by atoms with Crippen molar-refractivity contribution in [1.82, 2.24) is 19.7 Å². The molecule has 0 spiro atoms. The van der Waals surface area contributed by atoms with Gasteiger partial charge in [0.05, 0.1) is 17.4 Å². The first kappa shape index (κ1) is 20.9. The first-order valence-electron chi connectivity index (χ1n) is 10.8. The van der Waals surface area contributed by atoms with Crippen LogP contribution in [0.2, 0.25) is 0 Å². The molecular formula is C22H29N5O2S. The van der Waals surface area contributed by atoms with Crippen molar-refractivity contribution in [1.29, 1.82) is 0 Å². The van der Waals surface area contributed by atoms with Crippen LogP contribution in [0, 0.1) is 5.92 Å². The second-order valence-corrected chi connectivity index (χ2v) is 9.15. The molecule has 8 heteroatoms. The number of thioether (sulfide) groups is 1. The number of carbonyl (C=O) groups is 2. The van der Waals surface area contributed by atoms with Gasteiger partial charge in [0.2, 0.25) is 17.0 Å². The van der Waals surface area contributed by atoms with Gasteiger partial charge in [-0.15, -0.1) is 5.10 Å². The maximum Gasteiger partial charge on any atom is 0.233 e. The predicted molar refractivity (Wildman–Crippen MR) is 116 cm³/mol. The monoisotopic (exact) mass is 427 g/mol. The van der Waals surface area contributed by atoms with E-state index >= 15 is 0 Å². The molecule has 0 radical (unpaired) electrons. The van der Waals surface area contributed by atoms with E-state index in [2.05, 4.69) is 0 Å². The lowest BCUT2D eigenvalue weighted by molar-refractivity contribution is -0.132. The van der Waals surface area contributed by atoms with Gasteiger partial charge in [0.1, 0.15) is 5.82 Å². The number of amides is 2. The number of benzene rings is 1. The molecular weight excluding hydrogens is 398 g/mol. The number of nitrogens with zero attached hydrogens (tertiary/aromatic N) is 4. The summed E-state index contributed by atoms with van der Waals surface area (Å²) in [5, 5.41) is 5.37. The van der Waals surface area contributed by atoms with Crippen LogP contribution in [-0.4, -0.2) is 50.3 Å². The molecule has 1 aliphatic heterocycles. The number of carbonyl (C=O) groups excluding carboxylic acids is 2. The Balaban J connectivity index is 1.47. The summed E-state index contributed by atoms with van der Waals surface area (Å²) in [6, 6.07) is 10.1. The third kappa shape index (κ3) is 4.86. The average Bonchev–Trinajstić information content (AvgIpc) is 3.23. The average molecular weight is 428 g/mol.